The lowest BCUT2D eigenvalue weighted by Crippen LogP contribution is -2.35. The number of aryl methyl sites for hydroxylation is 1. The predicted molar refractivity (Wildman–Crippen MR) is 119 cm³/mol. The van der Waals surface area contributed by atoms with E-state index in [4.69, 9.17) is 14.5 Å². The van der Waals surface area contributed by atoms with Crippen molar-refractivity contribution in [1.29, 1.82) is 0 Å². The Morgan fingerprint density at radius 3 is 3.00 bits per heavy atom. The summed E-state index contributed by atoms with van der Waals surface area (Å²) in [5.74, 6) is 0.186. The van der Waals surface area contributed by atoms with Crippen molar-refractivity contribution < 1.29 is 14.3 Å². The summed E-state index contributed by atoms with van der Waals surface area (Å²) in [6.45, 7) is 5.97. The summed E-state index contributed by atoms with van der Waals surface area (Å²) < 4.78 is 10.1. The Morgan fingerprint density at radius 1 is 1.40 bits per heavy atom. The first kappa shape index (κ1) is 21.2. The fourth-order valence-corrected chi connectivity index (χ4v) is 6.07. The van der Waals surface area contributed by atoms with E-state index in [1.165, 1.54) is 21.8 Å². The van der Waals surface area contributed by atoms with Crippen LogP contribution in [0.4, 0.5) is 0 Å². The van der Waals surface area contributed by atoms with E-state index < -0.39 is 5.97 Å². The van der Waals surface area contributed by atoms with Gasteiger partial charge in [0.1, 0.15) is 22.1 Å². The number of methoxy groups -OCH3 is 1. The number of carbonyl (C=O) groups excluding carboxylic acids is 1. The molecule has 0 aliphatic carbocycles. The third kappa shape index (κ3) is 3.94. The molecule has 1 aliphatic heterocycles. The number of thiophene rings is 2. The molecule has 3 aromatic heterocycles. The number of esters is 1. The van der Waals surface area contributed by atoms with Crippen molar-refractivity contribution in [3.63, 3.8) is 0 Å². The van der Waals surface area contributed by atoms with Gasteiger partial charge in [-0.05, 0) is 42.3 Å². The number of aromatic amines is 1. The molecule has 160 valence electrons. The van der Waals surface area contributed by atoms with Gasteiger partial charge in [-0.1, -0.05) is 6.92 Å². The van der Waals surface area contributed by atoms with E-state index in [9.17, 15) is 9.59 Å². The second-order valence-electron chi connectivity index (χ2n) is 7.32. The number of aromatic nitrogens is 2. The van der Waals surface area contributed by atoms with Gasteiger partial charge in [0.2, 0.25) is 0 Å². The molecule has 0 bridgehead atoms. The number of fused-ring (bicyclic) bond motifs is 2. The van der Waals surface area contributed by atoms with Crippen LogP contribution in [0.2, 0.25) is 0 Å². The number of H-pyrrole nitrogens is 1. The van der Waals surface area contributed by atoms with Gasteiger partial charge < -0.3 is 14.5 Å². The lowest BCUT2D eigenvalue weighted by Gasteiger charge is -2.34. The third-order valence-electron chi connectivity index (χ3n) is 5.50. The van der Waals surface area contributed by atoms with Crippen LogP contribution in [-0.2, 0) is 22.4 Å². The first-order valence-electron chi connectivity index (χ1n) is 10.0. The molecule has 4 heterocycles. The van der Waals surface area contributed by atoms with E-state index in [1.807, 2.05) is 11.3 Å². The van der Waals surface area contributed by atoms with Gasteiger partial charge in [-0.3, -0.25) is 9.69 Å². The van der Waals surface area contributed by atoms with Crippen molar-refractivity contribution in [1.82, 2.24) is 14.9 Å². The van der Waals surface area contributed by atoms with E-state index in [0.29, 0.717) is 45.7 Å². The van der Waals surface area contributed by atoms with Crippen molar-refractivity contribution in [2.75, 3.05) is 26.9 Å². The predicted octanol–water partition coefficient (Wildman–Crippen LogP) is 3.67. The van der Waals surface area contributed by atoms with E-state index in [1.54, 1.807) is 14.0 Å². The van der Waals surface area contributed by atoms with Crippen molar-refractivity contribution in [3.8, 4) is 0 Å². The van der Waals surface area contributed by atoms with E-state index in [2.05, 4.69) is 28.3 Å². The first-order chi connectivity index (χ1) is 14.5. The number of hydrogen-bond donors (Lipinski definition) is 1. The van der Waals surface area contributed by atoms with E-state index in [0.717, 1.165) is 19.4 Å². The molecule has 0 saturated carbocycles. The second kappa shape index (κ2) is 8.97. The number of hydrogen-bond acceptors (Lipinski definition) is 8. The van der Waals surface area contributed by atoms with Gasteiger partial charge in [-0.2, -0.15) is 0 Å². The quantitative estimate of drug-likeness (QED) is 0.439. The highest BCUT2D eigenvalue weighted by molar-refractivity contribution is 7.20. The smallest absolute Gasteiger partial charge is 0.348 e. The Labute approximate surface area is 182 Å². The lowest BCUT2D eigenvalue weighted by atomic mass is 9.98. The summed E-state index contributed by atoms with van der Waals surface area (Å²) in [6, 6.07) is 2.54. The molecule has 0 saturated heterocycles. The maximum absolute atomic E-state index is 12.8. The molecule has 0 radical (unpaired) electrons. The molecule has 1 N–H and O–H groups in total. The number of ether oxygens (including phenoxy) is 2. The fraction of sp³-hybridized carbons (Fsp3) is 0.476. The Balaban J connectivity index is 1.60. The summed E-state index contributed by atoms with van der Waals surface area (Å²) in [5, 5.41) is 2.62. The van der Waals surface area contributed by atoms with Gasteiger partial charge in [-0.15, -0.1) is 22.7 Å². The van der Waals surface area contributed by atoms with Gasteiger partial charge in [0.25, 0.3) is 5.56 Å². The SMILES string of the molecule is CCC1c2ccsc2CCN1Cc1nc2sc(C(=O)OCCOC)c(C)c2c(=O)[nH]1. The molecule has 0 aromatic carbocycles. The molecule has 1 atom stereocenters. The van der Waals surface area contributed by atoms with Crippen LogP contribution in [0.1, 0.15) is 50.9 Å². The molecular weight excluding hydrogens is 422 g/mol. The molecule has 1 unspecified atom stereocenters. The third-order valence-corrected chi connectivity index (χ3v) is 7.66. The minimum atomic E-state index is -0.444. The van der Waals surface area contributed by atoms with Crippen molar-refractivity contribution in [2.24, 2.45) is 0 Å². The van der Waals surface area contributed by atoms with Crippen molar-refractivity contribution >= 4 is 38.9 Å². The summed E-state index contributed by atoms with van der Waals surface area (Å²) in [5.41, 5.74) is 1.80. The molecule has 9 heteroatoms. The van der Waals surface area contributed by atoms with Gasteiger partial charge in [0.15, 0.2) is 0 Å². The Bertz CT molecular complexity index is 1120. The largest absolute Gasteiger partial charge is 0.459 e. The summed E-state index contributed by atoms with van der Waals surface area (Å²) in [4.78, 5) is 37.6. The highest BCUT2D eigenvalue weighted by atomic mass is 32.1. The average molecular weight is 448 g/mol. The zero-order chi connectivity index (χ0) is 21.3. The summed E-state index contributed by atoms with van der Waals surface area (Å²) in [7, 11) is 1.55. The van der Waals surface area contributed by atoms with Gasteiger partial charge >= 0.3 is 5.97 Å². The number of carbonyl (C=O) groups is 1. The topological polar surface area (TPSA) is 84.5 Å². The van der Waals surface area contributed by atoms with Crippen LogP contribution in [0, 0.1) is 6.92 Å². The number of nitrogens with zero attached hydrogens (tertiary/aromatic N) is 2. The number of nitrogens with one attached hydrogen (secondary N) is 1. The van der Waals surface area contributed by atoms with Crippen LogP contribution < -0.4 is 5.56 Å². The number of rotatable bonds is 7. The Kier molecular flexibility index (Phi) is 6.33. The van der Waals surface area contributed by atoms with Gasteiger partial charge in [0.05, 0.1) is 18.5 Å². The van der Waals surface area contributed by atoms with Crippen LogP contribution in [0.15, 0.2) is 16.2 Å². The van der Waals surface area contributed by atoms with E-state index >= 15 is 0 Å². The monoisotopic (exact) mass is 447 g/mol. The van der Waals surface area contributed by atoms with Crippen LogP contribution >= 0.6 is 22.7 Å². The minimum Gasteiger partial charge on any atom is -0.459 e. The molecule has 0 amide bonds. The standard InChI is InChI=1S/C21H25N3O4S2/c1-4-14-13-6-10-29-15(13)5-7-24(14)11-16-22-19(25)17-12(2)18(30-20(17)23-16)21(26)28-9-8-27-3/h6,10,14H,4-5,7-9,11H2,1-3H3,(H,22,23,25). The molecule has 4 rings (SSSR count). The zero-order valence-corrected chi connectivity index (χ0v) is 19.0. The highest BCUT2D eigenvalue weighted by Crippen LogP contribution is 2.36. The maximum atomic E-state index is 12.8. The minimum absolute atomic E-state index is 0.177. The zero-order valence-electron chi connectivity index (χ0n) is 17.3. The average Bonchev–Trinajstić information content (AvgIpc) is 3.32. The molecule has 0 spiro atoms. The summed E-state index contributed by atoms with van der Waals surface area (Å²) in [6.07, 6.45) is 2.03. The second-order valence-corrected chi connectivity index (χ2v) is 9.32. The van der Waals surface area contributed by atoms with E-state index in [-0.39, 0.29) is 12.2 Å². The van der Waals surface area contributed by atoms with Crippen LogP contribution in [0.25, 0.3) is 10.2 Å². The first-order valence-corrected chi connectivity index (χ1v) is 11.7. The molecule has 3 aromatic rings. The van der Waals surface area contributed by atoms with Crippen molar-refractivity contribution in [3.05, 3.63) is 48.5 Å². The lowest BCUT2D eigenvalue weighted by molar-refractivity contribution is 0.0393. The molecule has 1 aliphatic rings. The molecule has 0 fully saturated rings. The Hall–Kier alpha value is -2.07. The fourth-order valence-electron chi connectivity index (χ4n) is 4.05. The highest BCUT2D eigenvalue weighted by Gasteiger charge is 2.28. The molecule has 7 nitrogen and oxygen atoms in total. The van der Waals surface area contributed by atoms with Gasteiger partial charge in [0, 0.05) is 24.6 Å². The van der Waals surface area contributed by atoms with Crippen LogP contribution in [0.3, 0.4) is 0 Å². The normalized spacial score (nSPS) is 16.7. The van der Waals surface area contributed by atoms with Crippen molar-refractivity contribution in [2.45, 2.75) is 39.3 Å². The Morgan fingerprint density at radius 2 is 2.23 bits per heavy atom. The summed E-state index contributed by atoms with van der Waals surface area (Å²) >= 11 is 3.03. The van der Waals surface area contributed by atoms with Gasteiger partial charge in [-0.25, -0.2) is 9.78 Å². The molecule has 30 heavy (non-hydrogen) atoms. The van der Waals surface area contributed by atoms with Crippen LogP contribution in [0.5, 0.6) is 0 Å². The van der Waals surface area contributed by atoms with Crippen LogP contribution in [-0.4, -0.2) is 47.7 Å². The molecular formula is C21H25N3O4S2. The maximum Gasteiger partial charge on any atom is 0.348 e.